The molecule has 1 aliphatic rings. The Morgan fingerprint density at radius 2 is 1.80 bits per heavy atom. The largest absolute Gasteiger partial charge is 0.372 e. The Morgan fingerprint density at radius 1 is 1.04 bits per heavy atom. The van der Waals surface area contributed by atoms with Crippen molar-refractivity contribution in [1.82, 2.24) is 0 Å². The van der Waals surface area contributed by atoms with Crippen molar-refractivity contribution >= 4 is 17.5 Å². The minimum absolute atomic E-state index is 0.195. The van der Waals surface area contributed by atoms with Gasteiger partial charge >= 0.3 is 0 Å². The van der Waals surface area contributed by atoms with Gasteiger partial charge in [-0.3, -0.25) is 4.79 Å². The van der Waals surface area contributed by atoms with Gasteiger partial charge in [-0.05, 0) is 74.9 Å². The molecule has 0 fully saturated rings. The van der Waals surface area contributed by atoms with Crippen LogP contribution in [0.15, 0.2) is 48.0 Å². The predicted molar refractivity (Wildman–Crippen MR) is 106 cm³/mol. The van der Waals surface area contributed by atoms with Crippen molar-refractivity contribution in [3.05, 3.63) is 70.3 Å². The second kappa shape index (κ2) is 7.69. The molecule has 130 valence electrons. The lowest BCUT2D eigenvalue weighted by Gasteiger charge is -2.22. The molecular formula is C23H27NO. The van der Waals surface area contributed by atoms with Crippen molar-refractivity contribution in [3.8, 4) is 0 Å². The maximum absolute atomic E-state index is 12.9. The molecule has 2 aromatic carbocycles. The van der Waals surface area contributed by atoms with Crippen LogP contribution in [0.3, 0.4) is 0 Å². The van der Waals surface area contributed by atoms with E-state index < -0.39 is 0 Å². The number of carbonyl (C=O) groups excluding carboxylic acids is 1. The summed E-state index contributed by atoms with van der Waals surface area (Å²) in [6, 6.07) is 14.6. The number of carbonyl (C=O) groups is 1. The third-order valence-electron chi connectivity index (χ3n) is 5.16. The Balaban J connectivity index is 1.94. The van der Waals surface area contributed by atoms with Crippen LogP contribution in [0.5, 0.6) is 0 Å². The molecule has 0 atom stereocenters. The number of fused-ring (bicyclic) bond motifs is 1. The van der Waals surface area contributed by atoms with Gasteiger partial charge in [-0.15, -0.1) is 0 Å². The van der Waals surface area contributed by atoms with E-state index in [1.165, 1.54) is 16.8 Å². The molecule has 0 N–H and O–H groups in total. The molecule has 0 saturated carbocycles. The molecule has 2 aromatic rings. The van der Waals surface area contributed by atoms with Gasteiger partial charge in [0.1, 0.15) is 0 Å². The third kappa shape index (κ3) is 3.68. The molecule has 3 rings (SSSR count). The van der Waals surface area contributed by atoms with Gasteiger partial charge in [-0.25, -0.2) is 0 Å². The Bertz CT molecular complexity index is 799. The van der Waals surface area contributed by atoms with Gasteiger partial charge in [0, 0.05) is 29.9 Å². The van der Waals surface area contributed by atoms with Crippen molar-refractivity contribution in [2.24, 2.45) is 0 Å². The Kier molecular flexibility index (Phi) is 5.37. The maximum Gasteiger partial charge on any atom is 0.189 e. The summed E-state index contributed by atoms with van der Waals surface area (Å²) in [7, 11) is 0. The van der Waals surface area contributed by atoms with Crippen molar-refractivity contribution in [2.45, 2.75) is 40.0 Å². The highest BCUT2D eigenvalue weighted by molar-refractivity contribution is 6.12. The first-order valence-corrected chi connectivity index (χ1v) is 9.32. The lowest BCUT2D eigenvalue weighted by atomic mass is 9.97. The minimum atomic E-state index is 0.195. The van der Waals surface area contributed by atoms with Crippen LogP contribution in [-0.2, 0) is 6.42 Å². The highest BCUT2D eigenvalue weighted by atomic mass is 16.1. The number of nitrogens with zero attached hydrogens (tertiary/aromatic N) is 1. The molecule has 2 heteroatoms. The zero-order valence-electron chi connectivity index (χ0n) is 15.5. The standard InChI is InChI=1S/C23H27NO/c1-4-24(5-2)21-14-13-19(17(3)15-21)16-20-11-8-10-18-9-6-7-12-22(18)23(20)25/h6-7,9,12-16H,4-5,8,10-11H2,1-3H3. The van der Waals surface area contributed by atoms with Gasteiger partial charge in [0.25, 0.3) is 0 Å². The molecule has 0 aliphatic heterocycles. The molecule has 2 nitrogen and oxygen atoms in total. The van der Waals surface area contributed by atoms with Crippen molar-refractivity contribution in [1.29, 1.82) is 0 Å². The lowest BCUT2D eigenvalue weighted by molar-refractivity contribution is 0.103. The third-order valence-corrected chi connectivity index (χ3v) is 5.16. The molecule has 0 heterocycles. The van der Waals surface area contributed by atoms with E-state index in [9.17, 15) is 4.79 Å². The molecular weight excluding hydrogens is 306 g/mol. The smallest absolute Gasteiger partial charge is 0.189 e. The lowest BCUT2D eigenvalue weighted by Crippen LogP contribution is -2.21. The van der Waals surface area contributed by atoms with E-state index in [0.29, 0.717) is 0 Å². The molecule has 0 saturated heterocycles. The number of aryl methyl sites for hydroxylation is 2. The molecule has 0 aromatic heterocycles. The van der Waals surface area contributed by atoms with Gasteiger partial charge in [0.2, 0.25) is 0 Å². The number of hydrogen-bond donors (Lipinski definition) is 0. The van der Waals surface area contributed by atoms with E-state index in [1.807, 2.05) is 18.2 Å². The molecule has 0 spiro atoms. The monoisotopic (exact) mass is 333 g/mol. The summed E-state index contributed by atoms with van der Waals surface area (Å²) < 4.78 is 0. The van der Waals surface area contributed by atoms with Crippen LogP contribution < -0.4 is 4.90 Å². The molecule has 0 radical (unpaired) electrons. The predicted octanol–water partition coefficient (Wildman–Crippen LogP) is 5.44. The zero-order valence-corrected chi connectivity index (χ0v) is 15.5. The second-order valence-corrected chi connectivity index (χ2v) is 6.72. The number of benzene rings is 2. The normalized spacial score (nSPS) is 15.8. The second-order valence-electron chi connectivity index (χ2n) is 6.72. The van der Waals surface area contributed by atoms with Crippen LogP contribution in [0.2, 0.25) is 0 Å². The summed E-state index contributed by atoms with van der Waals surface area (Å²) in [5, 5.41) is 0. The number of ketones is 1. The molecule has 0 amide bonds. The number of hydrogen-bond acceptors (Lipinski definition) is 2. The first-order valence-electron chi connectivity index (χ1n) is 9.32. The van der Waals surface area contributed by atoms with E-state index in [1.54, 1.807) is 0 Å². The quantitative estimate of drug-likeness (QED) is 0.548. The highest BCUT2D eigenvalue weighted by Gasteiger charge is 2.19. The van der Waals surface area contributed by atoms with Gasteiger partial charge in [0.15, 0.2) is 5.78 Å². The van der Waals surface area contributed by atoms with Gasteiger partial charge in [0.05, 0.1) is 0 Å². The van der Waals surface area contributed by atoms with E-state index in [-0.39, 0.29) is 5.78 Å². The van der Waals surface area contributed by atoms with E-state index in [0.717, 1.165) is 49.1 Å². The molecule has 0 bridgehead atoms. The molecule has 1 aliphatic carbocycles. The van der Waals surface area contributed by atoms with Crippen LogP contribution in [0.25, 0.3) is 6.08 Å². The van der Waals surface area contributed by atoms with Gasteiger partial charge in [-0.1, -0.05) is 30.3 Å². The first kappa shape index (κ1) is 17.5. The summed E-state index contributed by atoms with van der Waals surface area (Å²) in [5.41, 5.74) is 6.62. The highest BCUT2D eigenvalue weighted by Crippen LogP contribution is 2.27. The van der Waals surface area contributed by atoms with E-state index in [4.69, 9.17) is 0 Å². The van der Waals surface area contributed by atoms with E-state index in [2.05, 4.69) is 56.0 Å². The topological polar surface area (TPSA) is 20.3 Å². The summed E-state index contributed by atoms with van der Waals surface area (Å²) in [5.74, 6) is 0.195. The summed E-state index contributed by atoms with van der Waals surface area (Å²) in [6.07, 6.45) is 4.97. The Labute approximate surface area is 151 Å². The van der Waals surface area contributed by atoms with Crippen molar-refractivity contribution in [2.75, 3.05) is 18.0 Å². The number of Topliss-reactive ketones (excluding diaryl/α,β-unsaturated/α-hetero) is 1. The fourth-order valence-electron chi connectivity index (χ4n) is 3.65. The molecule has 0 unspecified atom stereocenters. The van der Waals surface area contributed by atoms with Crippen LogP contribution >= 0.6 is 0 Å². The van der Waals surface area contributed by atoms with Crippen LogP contribution in [0, 0.1) is 6.92 Å². The Morgan fingerprint density at radius 3 is 2.52 bits per heavy atom. The van der Waals surface area contributed by atoms with Crippen LogP contribution in [0.4, 0.5) is 5.69 Å². The summed E-state index contributed by atoms with van der Waals surface area (Å²) in [6.45, 7) is 8.50. The summed E-state index contributed by atoms with van der Waals surface area (Å²) >= 11 is 0. The summed E-state index contributed by atoms with van der Waals surface area (Å²) in [4.78, 5) is 15.3. The maximum atomic E-state index is 12.9. The van der Waals surface area contributed by atoms with E-state index >= 15 is 0 Å². The Hall–Kier alpha value is -2.35. The minimum Gasteiger partial charge on any atom is -0.372 e. The van der Waals surface area contributed by atoms with Crippen molar-refractivity contribution < 1.29 is 4.79 Å². The average Bonchev–Trinajstić information content (AvgIpc) is 2.78. The number of rotatable bonds is 4. The zero-order chi connectivity index (χ0) is 17.8. The average molecular weight is 333 g/mol. The van der Waals surface area contributed by atoms with Crippen LogP contribution in [-0.4, -0.2) is 18.9 Å². The first-order chi connectivity index (χ1) is 12.1. The van der Waals surface area contributed by atoms with Crippen molar-refractivity contribution in [3.63, 3.8) is 0 Å². The SMILES string of the molecule is CCN(CC)c1ccc(C=C2CCCc3ccccc3C2=O)c(C)c1. The fraction of sp³-hybridized carbons (Fsp3) is 0.348. The number of anilines is 1. The number of allylic oxidation sites excluding steroid dienone is 1. The fourth-order valence-corrected chi connectivity index (χ4v) is 3.65. The van der Waals surface area contributed by atoms with Gasteiger partial charge < -0.3 is 4.90 Å². The van der Waals surface area contributed by atoms with Crippen LogP contribution in [0.1, 0.15) is 53.7 Å². The van der Waals surface area contributed by atoms with Gasteiger partial charge in [-0.2, -0.15) is 0 Å². The molecule has 25 heavy (non-hydrogen) atoms.